The summed E-state index contributed by atoms with van der Waals surface area (Å²) in [5, 5.41) is 15.5. The standard InChI is InChI=1S/C13H19N3O5/c1-2-16-6-9(5-14-16)13(19)15-10-7-20-4-3-11(10)21-8-12(17)18/h5-6,10-11H,2-4,7-8H2,1H3,(H,15,19)(H,17,18)/t10-,11+/m1/s1. The number of carbonyl (C=O) groups is 2. The fourth-order valence-electron chi connectivity index (χ4n) is 2.14. The maximum Gasteiger partial charge on any atom is 0.329 e. The van der Waals surface area contributed by atoms with E-state index in [0.29, 0.717) is 31.7 Å². The van der Waals surface area contributed by atoms with Gasteiger partial charge in [0.05, 0.1) is 30.5 Å². The highest BCUT2D eigenvalue weighted by atomic mass is 16.5. The first-order chi connectivity index (χ1) is 10.1. The molecule has 2 heterocycles. The van der Waals surface area contributed by atoms with Crippen LogP contribution in [-0.2, 0) is 20.8 Å². The highest BCUT2D eigenvalue weighted by Gasteiger charge is 2.29. The number of hydrogen-bond donors (Lipinski definition) is 2. The average Bonchev–Trinajstić information content (AvgIpc) is 2.95. The molecule has 1 aromatic heterocycles. The molecule has 0 bridgehead atoms. The van der Waals surface area contributed by atoms with Gasteiger partial charge in [-0.05, 0) is 13.3 Å². The lowest BCUT2D eigenvalue weighted by molar-refractivity contribution is -0.147. The normalized spacial score (nSPS) is 22.0. The predicted octanol–water partition coefficient (Wildman–Crippen LogP) is -0.108. The number of ether oxygens (including phenoxy) is 2. The van der Waals surface area contributed by atoms with Crippen LogP contribution in [0.1, 0.15) is 23.7 Å². The SMILES string of the molecule is CCn1cc(C(=O)N[C@@H]2COCC[C@@H]2OCC(=O)O)cn1. The van der Waals surface area contributed by atoms with Crippen molar-refractivity contribution >= 4 is 11.9 Å². The van der Waals surface area contributed by atoms with E-state index < -0.39 is 5.97 Å². The molecule has 2 atom stereocenters. The van der Waals surface area contributed by atoms with E-state index in [0.717, 1.165) is 0 Å². The van der Waals surface area contributed by atoms with Gasteiger partial charge in [-0.3, -0.25) is 9.48 Å². The number of aryl methyl sites for hydroxylation is 1. The van der Waals surface area contributed by atoms with Crippen molar-refractivity contribution in [3.8, 4) is 0 Å². The van der Waals surface area contributed by atoms with Gasteiger partial charge in [0, 0.05) is 19.3 Å². The van der Waals surface area contributed by atoms with E-state index in [1.165, 1.54) is 6.20 Å². The lowest BCUT2D eigenvalue weighted by atomic mass is 10.1. The number of carboxylic acids is 1. The summed E-state index contributed by atoms with van der Waals surface area (Å²) in [6.45, 7) is 3.02. The number of nitrogens with zero attached hydrogens (tertiary/aromatic N) is 2. The molecule has 1 aliphatic rings. The van der Waals surface area contributed by atoms with Crippen LogP contribution in [0.2, 0.25) is 0 Å². The summed E-state index contributed by atoms with van der Waals surface area (Å²) in [6, 6.07) is -0.365. The largest absolute Gasteiger partial charge is 0.480 e. The fourth-order valence-corrected chi connectivity index (χ4v) is 2.14. The van der Waals surface area contributed by atoms with Gasteiger partial charge in [-0.25, -0.2) is 4.79 Å². The molecule has 0 radical (unpaired) electrons. The molecule has 0 aliphatic carbocycles. The Hall–Kier alpha value is -1.93. The second kappa shape index (κ2) is 7.19. The molecule has 8 nitrogen and oxygen atoms in total. The van der Waals surface area contributed by atoms with Crippen LogP contribution in [0.25, 0.3) is 0 Å². The van der Waals surface area contributed by atoms with Crippen molar-refractivity contribution in [3.63, 3.8) is 0 Å². The monoisotopic (exact) mass is 297 g/mol. The van der Waals surface area contributed by atoms with Gasteiger partial charge in [0.1, 0.15) is 6.61 Å². The lowest BCUT2D eigenvalue weighted by Crippen LogP contribution is -2.50. The average molecular weight is 297 g/mol. The Morgan fingerprint density at radius 1 is 1.62 bits per heavy atom. The third-order valence-electron chi connectivity index (χ3n) is 3.25. The van der Waals surface area contributed by atoms with Gasteiger partial charge in [0.25, 0.3) is 5.91 Å². The minimum absolute atomic E-state index is 0.269. The van der Waals surface area contributed by atoms with Gasteiger partial charge >= 0.3 is 5.97 Å². The number of aliphatic carboxylic acids is 1. The molecule has 8 heteroatoms. The summed E-state index contributed by atoms with van der Waals surface area (Å²) in [4.78, 5) is 22.7. The highest BCUT2D eigenvalue weighted by molar-refractivity contribution is 5.93. The number of carbonyl (C=O) groups excluding carboxylic acids is 1. The van der Waals surface area contributed by atoms with Crippen LogP contribution in [0.5, 0.6) is 0 Å². The molecule has 0 aromatic carbocycles. The smallest absolute Gasteiger partial charge is 0.329 e. The molecule has 2 N–H and O–H groups in total. The third kappa shape index (κ3) is 4.27. The molecule has 0 spiro atoms. The minimum Gasteiger partial charge on any atom is -0.480 e. The van der Waals surface area contributed by atoms with Crippen molar-refractivity contribution in [1.29, 1.82) is 0 Å². The number of amides is 1. The summed E-state index contributed by atoms with van der Waals surface area (Å²) in [5.74, 6) is -1.30. The van der Waals surface area contributed by atoms with Crippen molar-refractivity contribution in [2.24, 2.45) is 0 Å². The molecule has 0 saturated carbocycles. The molecular formula is C13H19N3O5. The molecule has 2 rings (SSSR count). The molecule has 21 heavy (non-hydrogen) atoms. The van der Waals surface area contributed by atoms with E-state index in [4.69, 9.17) is 14.6 Å². The van der Waals surface area contributed by atoms with Crippen molar-refractivity contribution in [2.45, 2.75) is 32.0 Å². The van der Waals surface area contributed by atoms with E-state index in [1.807, 2.05) is 6.92 Å². The van der Waals surface area contributed by atoms with E-state index in [-0.39, 0.29) is 24.7 Å². The van der Waals surface area contributed by atoms with E-state index >= 15 is 0 Å². The van der Waals surface area contributed by atoms with Crippen molar-refractivity contribution in [3.05, 3.63) is 18.0 Å². The minimum atomic E-state index is -1.03. The van der Waals surface area contributed by atoms with Crippen LogP contribution in [0.15, 0.2) is 12.4 Å². The van der Waals surface area contributed by atoms with Gasteiger partial charge < -0.3 is 19.9 Å². The maximum atomic E-state index is 12.1. The van der Waals surface area contributed by atoms with E-state index in [2.05, 4.69) is 10.4 Å². The van der Waals surface area contributed by atoms with Gasteiger partial charge in [-0.15, -0.1) is 0 Å². The molecule has 1 fully saturated rings. The van der Waals surface area contributed by atoms with Crippen molar-refractivity contribution in [2.75, 3.05) is 19.8 Å². The Morgan fingerprint density at radius 2 is 2.43 bits per heavy atom. The summed E-state index contributed by atoms with van der Waals surface area (Å²) in [6.07, 6.45) is 3.34. The lowest BCUT2D eigenvalue weighted by Gasteiger charge is -2.31. The summed E-state index contributed by atoms with van der Waals surface area (Å²) in [7, 11) is 0. The van der Waals surface area contributed by atoms with Crippen LogP contribution in [0, 0.1) is 0 Å². The number of nitrogens with one attached hydrogen (secondary N) is 1. The number of hydrogen-bond acceptors (Lipinski definition) is 5. The first-order valence-corrected chi connectivity index (χ1v) is 6.84. The van der Waals surface area contributed by atoms with Crippen LogP contribution in [0.3, 0.4) is 0 Å². The van der Waals surface area contributed by atoms with Gasteiger partial charge in [-0.2, -0.15) is 5.10 Å². The van der Waals surface area contributed by atoms with Crippen LogP contribution >= 0.6 is 0 Å². The third-order valence-corrected chi connectivity index (χ3v) is 3.25. The molecule has 0 unspecified atom stereocenters. The zero-order valence-corrected chi connectivity index (χ0v) is 11.8. The Labute approximate surface area is 122 Å². The molecule has 116 valence electrons. The summed E-state index contributed by atoms with van der Waals surface area (Å²) in [5.41, 5.74) is 0.458. The summed E-state index contributed by atoms with van der Waals surface area (Å²) < 4.78 is 12.3. The Balaban J connectivity index is 1.94. The highest BCUT2D eigenvalue weighted by Crippen LogP contribution is 2.13. The molecule has 1 saturated heterocycles. The van der Waals surface area contributed by atoms with Crippen LogP contribution in [-0.4, -0.2) is 58.7 Å². The Kier molecular flexibility index (Phi) is 5.29. The molecule has 1 aliphatic heterocycles. The molecule has 1 amide bonds. The number of carboxylic acid groups (broad SMARTS) is 1. The van der Waals surface area contributed by atoms with Crippen LogP contribution < -0.4 is 5.32 Å². The maximum absolute atomic E-state index is 12.1. The Morgan fingerprint density at radius 3 is 3.10 bits per heavy atom. The van der Waals surface area contributed by atoms with Gasteiger partial charge in [0.15, 0.2) is 0 Å². The quantitative estimate of drug-likeness (QED) is 0.759. The zero-order chi connectivity index (χ0) is 15.2. The van der Waals surface area contributed by atoms with Gasteiger partial charge in [0.2, 0.25) is 0 Å². The number of aromatic nitrogens is 2. The second-order valence-electron chi connectivity index (χ2n) is 4.77. The second-order valence-corrected chi connectivity index (χ2v) is 4.77. The van der Waals surface area contributed by atoms with Gasteiger partial charge in [-0.1, -0.05) is 0 Å². The Bertz CT molecular complexity index is 502. The van der Waals surface area contributed by atoms with Crippen LogP contribution in [0.4, 0.5) is 0 Å². The molecular weight excluding hydrogens is 278 g/mol. The predicted molar refractivity (Wildman–Crippen MR) is 72.0 cm³/mol. The van der Waals surface area contributed by atoms with Crippen molar-refractivity contribution in [1.82, 2.24) is 15.1 Å². The topological polar surface area (TPSA) is 103 Å². The summed E-state index contributed by atoms with van der Waals surface area (Å²) >= 11 is 0. The number of rotatable bonds is 6. The fraction of sp³-hybridized carbons (Fsp3) is 0.615. The van der Waals surface area contributed by atoms with Crippen molar-refractivity contribution < 1.29 is 24.2 Å². The van der Waals surface area contributed by atoms with E-state index in [1.54, 1.807) is 10.9 Å². The first kappa shape index (κ1) is 15.5. The molecule has 1 aromatic rings. The zero-order valence-electron chi connectivity index (χ0n) is 11.8. The van der Waals surface area contributed by atoms with E-state index in [9.17, 15) is 9.59 Å². The first-order valence-electron chi connectivity index (χ1n) is 6.84.